The molecule has 2 heteroatoms. The first kappa shape index (κ1) is 15.0. The average molecular weight is 270 g/mol. The highest BCUT2D eigenvalue weighted by molar-refractivity contribution is 5.79. The summed E-state index contributed by atoms with van der Waals surface area (Å²) in [5.41, 5.74) is 3.61. The molecule has 2 nitrogen and oxygen atoms in total. The number of nitrogens with zero attached hydrogens (tertiary/aromatic N) is 1. The van der Waals surface area contributed by atoms with Crippen molar-refractivity contribution in [1.29, 1.82) is 0 Å². The van der Waals surface area contributed by atoms with Crippen LogP contribution in [0.4, 0.5) is 0 Å². The number of aryl methyl sites for hydroxylation is 2. The highest BCUT2D eigenvalue weighted by Gasteiger charge is 1.99. The summed E-state index contributed by atoms with van der Waals surface area (Å²) in [6.07, 6.45) is 3.65. The SMILES string of the molecule is Cc1ccc2cc(CCCCNCC(C)C)ccc2n1. The second-order valence-electron chi connectivity index (χ2n) is 6.03. The molecule has 0 spiro atoms. The molecule has 2 aromatic rings. The van der Waals surface area contributed by atoms with Crippen LogP contribution in [0.3, 0.4) is 0 Å². The van der Waals surface area contributed by atoms with Gasteiger partial charge in [-0.1, -0.05) is 26.0 Å². The van der Waals surface area contributed by atoms with Gasteiger partial charge in [0.2, 0.25) is 0 Å². The first-order valence-corrected chi connectivity index (χ1v) is 7.72. The van der Waals surface area contributed by atoms with E-state index in [9.17, 15) is 0 Å². The van der Waals surface area contributed by atoms with Gasteiger partial charge in [-0.2, -0.15) is 0 Å². The molecule has 1 aromatic carbocycles. The van der Waals surface area contributed by atoms with Crippen LogP contribution in [0.5, 0.6) is 0 Å². The lowest BCUT2D eigenvalue weighted by atomic mass is 10.1. The number of unbranched alkanes of at least 4 members (excludes halogenated alkanes) is 1. The summed E-state index contributed by atoms with van der Waals surface area (Å²) in [6, 6.07) is 10.9. The fourth-order valence-corrected chi connectivity index (χ4v) is 2.40. The Kier molecular flexibility index (Phi) is 5.54. The Morgan fingerprint density at radius 2 is 1.95 bits per heavy atom. The fourth-order valence-electron chi connectivity index (χ4n) is 2.40. The Labute approximate surface area is 122 Å². The third-order valence-electron chi connectivity index (χ3n) is 3.51. The van der Waals surface area contributed by atoms with E-state index in [1.54, 1.807) is 0 Å². The Bertz CT molecular complexity index is 546. The van der Waals surface area contributed by atoms with Gasteiger partial charge in [0.05, 0.1) is 5.52 Å². The zero-order valence-corrected chi connectivity index (χ0v) is 12.9. The number of benzene rings is 1. The molecule has 0 radical (unpaired) electrons. The summed E-state index contributed by atoms with van der Waals surface area (Å²) in [6.45, 7) is 8.79. The fraction of sp³-hybridized carbons (Fsp3) is 0.500. The molecule has 0 aliphatic carbocycles. The van der Waals surface area contributed by atoms with Crippen LogP contribution in [0.15, 0.2) is 30.3 Å². The van der Waals surface area contributed by atoms with Gasteiger partial charge in [-0.15, -0.1) is 0 Å². The molecule has 108 valence electrons. The van der Waals surface area contributed by atoms with Gasteiger partial charge in [0.25, 0.3) is 0 Å². The molecule has 1 N–H and O–H groups in total. The number of aromatic nitrogens is 1. The van der Waals surface area contributed by atoms with E-state index in [2.05, 4.69) is 54.5 Å². The van der Waals surface area contributed by atoms with Crippen LogP contribution in [0.1, 0.15) is 37.9 Å². The van der Waals surface area contributed by atoms with Crippen LogP contribution in [-0.4, -0.2) is 18.1 Å². The van der Waals surface area contributed by atoms with E-state index in [4.69, 9.17) is 0 Å². The molecule has 20 heavy (non-hydrogen) atoms. The minimum Gasteiger partial charge on any atom is -0.316 e. The van der Waals surface area contributed by atoms with Crippen LogP contribution in [0.25, 0.3) is 10.9 Å². The highest BCUT2D eigenvalue weighted by atomic mass is 14.8. The number of fused-ring (bicyclic) bond motifs is 1. The molecule has 0 unspecified atom stereocenters. The molecule has 0 bridgehead atoms. The summed E-state index contributed by atoms with van der Waals surface area (Å²) < 4.78 is 0. The number of hydrogen-bond acceptors (Lipinski definition) is 2. The maximum absolute atomic E-state index is 4.54. The Morgan fingerprint density at radius 1 is 1.10 bits per heavy atom. The standard InChI is InChI=1S/C18H26N2/c1-14(2)13-19-11-5-4-6-16-8-10-18-17(12-16)9-7-15(3)20-18/h7-10,12,14,19H,4-6,11,13H2,1-3H3. The van der Waals surface area contributed by atoms with Crippen molar-refractivity contribution >= 4 is 10.9 Å². The van der Waals surface area contributed by atoms with Crippen molar-refractivity contribution in [3.05, 3.63) is 41.6 Å². The highest BCUT2D eigenvalue weighted by Crippen LogP contribution is 2.16. The summed E-state index contributed by atoms with van der Waals surface area (Å²) >= 11 is 0. The van der Waals surface area contributed by atoms with Crippen molar-refractivity contribution in [2.45, 2.75) is 40.0 Å². The van der Waals surface area contributed by atoms with Gasteiger partial charge < -0.3 is 5.32 Å². The Morgan fingerprint density at radius 3 is 2.75 bits per heavy atom. The first-order valence-electron chi connectivity index (χ1n) is 7.72. The maximum atomic E-state index is 4.54. The molecule has 0 saturated carbocycles. The minimum absolute atomic E-state index is 0.742. The van der Waals surface area contributed by atoms with Crippen molar-refractivity contribution < 1.29 is 0 Å². The van der Waals surface area contributed by atoms with Crippen molar-refractivity contribution in [2.75, 3.05) is 13.1 Å². The lowest BCUT2D eigenvalue weighted by Crippen LogP contribution is -2.20. The third-order valence-corrected chi connectivity index (χ3v) is 3.51. The number of nitrogens with one attached hydrogen (secondary N) is 1. The van der Waals surface area contributed by atoms with Gasteiger partial charge >= 0.3 is 0 Å². The molecule has 0 fully saturated rings. The molecule has 0 atom stereocenters. The zero-order chi connectivity index (χ0) is 14.4. The van der Waals surface area contributed by atoms with E-state index in [0.29, 0.717) is 0 Å². The van der Waals surface area contributed by atoms with Crippen molar-refractivity contribution in [1.82, 2.24) is 10.3 Å². The largest absolute Gasteiger partial charge is 0.316 e. The summed E-state index contributed by atoms with van der Waals surface area (Å²) in [7, 11) is 0. The second kappa shape index (κ2) is 7.39. The summed E-state index contributed by atoms with van der Waals surface area (Å²) in [5, 5.41) is 4.75. The van der Waals surface area contributed by atoms with Crippen molar-refractivity contribution in [3.8, 4) is 0 Å². The minimum atomic E-state index is 0.742. The third kappa shape index (κ3) is 4.61. The predicted octanol–water partition coefficient (Wildman–Crippen LogP) is 4.11. The Hall–Kier alpha value is -1.41. The van der Waals surface area contributed by atoms with E-state index >= 15 is 0 Å². The van der Waals surface area contributed by atoms with E-state index in [1.807, 2.05) is 6.92 Å². The first-order chi connectivity index (χ1) is 9.65. The van der Waals surface area contributed by atoms with Gasteiger partial charge in [-0.25, -0.2) is 0 Å². The summed E-state index contributed by atoms with van der Waals surface area (Å²) in [5.74, 6) is 0.742. The monoisotopic (exact) mass is 270 g/mol. The van der Waals surface area contributed by atoms with Crippen molar-refractivity contribution in [3.63, 3.8) is 0 Å². The summed E-state index contributed by atoms with van der Waals surface area (Å²) in [4.78, 5) is 4.54. The quantitative estimate of drug-likeness (QED) is 0.766. The van der Waals surface area contributed by atoms with Gasteiger partial charge in [0, 0.05) is 11.1 Å². The molecule has 0 saturated heterocycles. The zero-order valence-electron chi connectivity index (χ0n) is 12.9. The molecule has 0 aliphatic heterocycles. The maximum Gasteiger partial charge on any atom is 0.0705 e. The molecule has 0 aliphatic rings. The van der Waals surface area contributed by atoms with E-state index in [-0.39, 0.29) is 0 Å². The van der Waals surface area contributed by atoms with E-state index < -0.39 is 0 Å². The molecule has 2 rings (SSSR count). The number of hydrogen-bond donors (Lipinski definition) is 1. The number of pyridine rings is 1. The second-order valence-corrected chi connectivity index (χ2v) is 6.03. The Balaban J connectivity index is 1.80. The predicted molar refractivity (Wildman–Crippen MR) is 87.1 cm³/mol. The van der Waals surface area contributed by atoms with Crippen LogP contribution in [0, 0.1) is 12.8 Å². The molecule has 1 aromatic heterocycles. The lowest BCUT2D eigenvalue weighted by Gasteiger charge is -2.07. The van der Waals surface area contributed by atoms with Crippen LogP contribution in [-0.2, 0) is 6.42 Å². The van der Waals surface area contributed by atoms with Gasteiger partial charge in [-0.3, -0.25) is 4.98 Å². The van der Waals surface area contributed by atoms with E-state index in [1.165, 1.54) is 23.8 Å². The van der Waals surface area contributed by atoms with Crippen LogP contribution in [0.2, 0.25) is 0 Å². The van der Waals surface area contributed by atoms with Gasteiger partial charge in [-0.05, 0) is 69.0 Å². The van der Waals surface area contributed by atoms with Gasteiger partial charge in [0.15, 0.2) is 0 Å². The molecule has 0 amide bonds. The van der Waals surface area contributed by atoms with Crippen LogP contribution >= 0.6 is 0 Å². The topological polar surface area (TPSA) is 24.9 Å². The van der Waals surface area contributed by atoms with E-state index in [0.717, 1.165) is 36.6 Å². The molecule has 1 heterocycles. The lowest BCUT2D eigenvalue weighted by molar-refractivity contribution is 0.535. The number of rotatable bonds is 7. The van der Waals surface area contributed by atoms with Crippen molar-refractivity contribution in [2.24, 2.45) is 5.92 Å². The van der Waals surface area contributed by atoms with Gasteiger partial charge in [0.1, 0.15) is 0 Å². The van der Waals surface area contributed by atoms with Crippen LogP contribution < -0.4 is 5.32 Å². The average Bonchev–Trinajstić information content (AvgIpc) is 2.42. The molecular weight excluding hydrogens is 244 g/mol. The molecular formula is C18H26N2. The normalized spacial score (nSPS) is 11.4. The smallest absolute Gasteiger partial charge is 0.0705 e.